The Bertz CT molecular complexity index is 327. The molecule has 0 saturated heterocycles. The largest absolute Gasteiger partial charge is 0.299 e. The van der Waals surface area contributed by atoms with E-state index in [1.807, 2.05) is 6.07 Å². The number of carbonyl (C=O) groups is 1. The number of hydrogen-bond donors (Lipinski definition) is 0. The van der Waals surface area contributed by atoms with E-state index in [1.54, 1.807) is 6.92 Å². The van der Waals surface area contributed by atoms with E-state index >= 15 is 0 Å². The van der Waals surface area contributed by atoms with Crippen LogP contribution in [0.2, 0.25) is 0 Å². The van der Waals surface area contributed by atoms with E-state index in [9.17, 15) is 4.79 Å². The highest BCUT2D eigenvalue weighted by Gasteiger charge is 2.02. The van der Waals surface area contributed by atoms with E-state index in [0.29, 0.717) is 6.54 Å². The smallest absolute Gasteiger partial charge is 0.143 e. The van der Waals surface area contributed by atoms with Gasteiger partial charge in [-0.15, -0.1) is 0 Å². The van der Waals surface area contributed by atoms with Crippen LogP contribution in [0.3, 0.4) is 0 Å². The van der Waals surface area contributed by atoms with Crippen LogP contribution in [-0.4, -0.2) is 30.3 Å². The summed E-state index contributed by atoms with van der Waals surface area (Å²) in [4.78, 5) is 12.9. The number of carbonyl (C=O) groups excluding carboxylic acids is 1. The lowest BCUT2D eigenvalue weighted by molar-refractivity contribution is -0.118. The number of hydrogen-bond acceptors (Lipinski definition) is 2. The van der Waals surface area contributed by atoms with Crippen LogP contribution in [0, 0.1) is 0 Å². The maximum absolute atomic E-state index is 10.7. The van der Waals surface area contributed by atoms with Crippen molar-refractivity contribution < 1.29 is 6.22 Å². The van der Waals surface area contributed by atoms with Gasteiger partial charge in [-0.3, -0.25) is 9.69 Å². The van der Waals surface area contributed by atoms with Crippen molar-refractivity contribution in [2.24, 2.45) is 0 Å². The first kappa shape index (κ1) is 17.8. The molecule has 19 heavy (non-hydrogen) atoms. The zero-order chi connectivity index (χ0) is 14.5. The molecule has 0 radical (unpaired) electrons. The van der Waals surface area contributed by atoms with Crippen LogP contribution < -0.4 is 0 Å². The van der Waals surface area contributed by atoms with Crippen LogP contribution in [0.1, 0.15) is 47.5 Å². The lowest BCUT2D eigenvalue weighted by Crippen LogP contribution is -2.29. The molecular weight excluding hydrogens is 234 g/mol. The normalized spacial score (nSPS) is 9.95. The fourth-order valence-electron chi connectivity index (χ4n) is 1.76. The molecule has 110 valence electrons. The molecule has 2 nitrogen and oxygen atoms in total. The van der Waals surface area contributed by atoms with Gasteiger partial charge in [-0.05, 0) is 38.4 Å². The number of ketones is 1. The minimum atomic E-state index is 0. The summed E-state index contributed by atoms with van der Waals surface area (Å²) in [7, 11) is 0. The number of benzene rings is 1. The monoisotopic (exact) mass is 265 g/mol. The summed E-state index contributed by atoms with van der Waals surface area (Å²) >= 11 is 0. The van der Waals surface area contributed by atoms with Crippen molar-refractivity contribution >= 4 is 5.78 Å². The van der Waals surface area contributed by atoms with Crippen molar-refractivity contribution in [3.05, 3.63) is 35.9 Å². The van der Waals surface area contributed by atoms with Gasteiger partial charge in [0.25, 0.3) is 0 Å². The quantitative estimate of drug-likeness (QED) is 0.736. The van der Waals surface area contributed by atoms with Crippen LogP contribution in [-0.2, 0) is 11.2 Å². The summed E-state index contributed by atoms with van der Waals surface area (Å²) in [5.74, 6) is 0.267. The average molecular weight is 265 g/mol. The van der Waals surface area contributed by atoms with Gasteiger partial charge in [0.2, 0.25) is 0 Å². The molecule has 0 atom stereocenters. The molecule has 0 aromatic heterocycles. The van der Waals surface area contributed by atoms with Gasteiger partial charge in [-0.1, -0.05) is 57.5 Å². The highest BCUT2D eigenvalue weighted by molar-refractivity contribution is 5.77. The number of unbranched alkanes of at least 4 members (excludes halogenated alkanes) is 1. The average Bonchev–Trinajstić information content (AvgIpc) is 2.44. The van der Waals surface area contributed by atoms with Crippen molar-refractivity contribution in [3.8, 4) is 0 Å². The Balaban J connectivity index is 0. The fraction of sp³-hybridized carbons (Fsp3) is 0.588. The van der Waals surface area contributed by atoms with Gasteiger partial charge >= 0.3 is 0 Å². The van der Waals surface area contributed by atoms with E-state index in [2.05, 4.69) is 49.9 Å². The van der Waals surface area contributed by atoms with E-state index in [4.69, 9.17) is 0 Å². The maximum Gasteiger partial charge on any atom is 0.143 e. The number of rotatable bonds is 7. The standard InChI is InChI=1S/C9H19NO.C8H10.H2/c1-4-6-7-10(5-2)8-9(3)11;1-2-8-6-4-3-5-7-8;/h4-8H2,1-3H3;3-7H,2H2,1H3;1H. The number of aryl methyl sites for hydroxylation is 1. The topological polar surface area (TPSA) is 20.3 Å². The van der Waals surface area contributed by atoms with Gasteiger partial charge in [-0.25, -0.2) is 0 Å². The molecule has 0 amide bonds. The molecule has 0 aliphatic carbocycles. The third-order valence-corrected chi connectivity index (χ3v) is 2.97. The Labute approximate surface area is 120 Å². The van der Waals surface area contributed by atoms with Gasteiger partial charge in [0.15, 0.2) is 0 Å². The van der Waals surface area contributed by atoms with E-state index in [0.717, 1.165) is 19.5 Å². The van der Waals surface area contributed by atoms with Gasteiger partial charge in [-0.2, -0.15) is 0 Å². The molecule has 0 unspecified atom stereocenters. The Kier molecular flexibility index (Phi) is 11.2. The van der Waals surface area contributed by atoms with Gasteiger partial charge in [0.1, 0.15) is 5.78 Å². The molecule has 1 aromatic carbocycles. The van der Waals surface area contributed by atoms with Gasteiger partial charge < -0.3 is 0 Å². The summed E-state index contributed by atoms with van der Waals surface area (Å²) < 4.78 is 0. The van der Waals surface area contributed by atoms with Crippen LogP contribution in [0.25, 0.3) is 0 Å². The molecule has 0 aliphatic rings. The Morgan fingerprint density at radius 1 is 1.16 bits per heavy atom. The molecule has 1 aromatic rings. The molecule has 0 bridgehead atoms. The molecule has 1 rings (SSSR count). The van der Waals surface area contributed by atoms with Crippen molar-refractivity contribution in [2.75, 3.05) is 19.6 Å². The Morgan fingerprint density at radius 3 is 2.16 bits per heavy atom. The summed E-state index contributed by atoms with van der Waals surface area (Å²) in [6.07, 6.45) is 3.54. The Hall–Kier alpha value is -1.15. The molecule has 0 N–H and O–H groups in total. The van der Waals surface area contributed by atoms with Crippen molar-refractivity contribution in [3.63, 3.8) is 0 Å². The molecule has 0 aliphatic heterocycles. The summed E-state index contributed by atoms with van der Waals surface area (Å²) in [6.45, 7) is 10.7. The lowest BCUT2D eigenvalue weighted by Gasteiger charge is -2.17. The molecule has 0 heterocycles. The number of Topliss-reactive ketones (excluding diaryl/α,β-unsaturated/α-hetero) is 1. The second kappa shape index (κ2) is 11.9. The zero-order valence-corrected chi connectivity index (χ0v) is 13.0. The van der Waals surface area contributed by atoms with Gasteiger partial charge in [0, 0.05) is 1.43 Å². The molecule has 0 spiro atoms. The van der Waals surface area contributed by atoms with Gasteiger partial charge in [0.05, 0.1) is 6.54 Å². The summed E-state index contributed by atoms with van der Waals surface area (Å²) in [5.41, 5.74) is 1.41. The lowest BCUT2D eigenvalue weighted by atomic mass is 10.2. The van der Waals surface area contributed by atoms with Crippen molar-refractivity contribution in [2.45, 2.75) is 47.0 Å². The fourth-order valence-corrected chi connectivity index (χ4v) is 1.76. The van der Waals surface area contributed by atoms with Crippen molar-refractivity contribution in [1.29, 1.82) is 0 Å². The van der Waals surface area contributed by atoms with Crippen LogP contribution >= 0.6 is 0 Å². The predicted octanol–water partition coefficient (Wildman–Crippen LogP) is 4.19. The zero-order valence-electron chi connectivity index (χ0n) is 13.0. The van der Waals surface area contributed by atoms with Crippen LogP contribution in [0.5, 0.6) is 0 Å². The van der Waals surface area contributed by atoms with Crippen molar-refractivity contribution in [1.82, 2.24) is 4.90 Å². The molecule has 2 heteroatoms. The third kappa shape index (κ3) is 10.5. The van der Waals surface area contributed by atoms with E-state index in [1.165, 1.54) is 18.4 Å². The van der Waals surface area contributed by atoms with Crippen LogP contribution in [0.4, 0.5) is 0 Å². The van der Waals surface area contributed by atoms with E-state index < -0.39 is 0 Å². The number of likely N-dealkylation sites (N-methyl/N-ethyl adjacent to an activating group) is 1. The second-order valence-corrected chi connectivity index (χ2v) is 4.76. The summed E-state index contributed by atoms with van der Waals surface area (Å²) in [6, 6.07) is 10.5. The second-order valence-electron chi connectivity index (χ2n) is 4.76. The molecular formula is C17H31NO. The highest BCUT2D eigenvalue weighted by atomic mass is 16.1. The van der Waals surface area contributed by atoms with Crippen LogP contribution in [0.15, 0.2) is 30.3 Å². The SMILES string of the molecule is CCCCN(CC)CC(C)=O.CCc1ccccc1.[HH]. The first-order chi connectivity index (χ1) is 9.13. The first-order valence-corrected chi connectivity index (χ1v) is 7.39. The maximum atomic E-state index is 10.7. The number of nitrogens with zero attached hydrogens (tertiary/aromatic N) is 1. The molecule has 0 fully saturated rings. The minimum absolute atomic E-state index is 0. The first-order valence-electron chi connectivity index (χ1n) is 7.39. The third-order valence-electron chi connectivity index (χ3n) is 2.97. The summed E-state index contributed by atoms with van der Waals surface area (Å²) in [5, 5.41) is 0. The van der Waals surface area contributed by atoms with E-state index in [-0.39, 0.29) is 7.21 Å². The molecule has 0 saturated carbocycles. The Morgan fingerprint density at radius 2 is 1.79 bits per heavy atom. The highest BCUT2D eigenvalue weighted by Crippen LogP contribution is 1.97. The predicted molar refractivity (Wildman–Crippen MR) is 85.6 cm³/mol. The minimum Gasteiger partial charge on any atom is -0.299 e.